The molecule has 3 nitrogen and oxygen atoms in total. The third kappa shape index (κ3) is 3.83. The Morgan fingerprint density at radius 1 is 1.04 bits per heavy atom. The first-order chi connectivity index (χ1) is 13.5. The normalized spacial score (nSPS) is 22.2. The Morgan fingerprint density at radius 3 is 2.57 bits per heavy atom. The molecule has 28 heavy (non-hydrogen) atoms. The van der Waals surface area contributed by atoms with Crippen LogP contribution in [0, 0.1) is 0 Å². The minimum absolute atomic E-state index is 0.117. The van der Waals surface area contributed by atoms with E-state index in [1.807, 2.05) is 18.2 Å². The predicted molar refractivity (Wildman–Crippen MR) is 116 cm³/mol. The van der Waals surface area contributed by atoms with Crippen LogP contribution in [0.4, 0.5) is 0 Å². The van der Waals surface area contributed by atoms with Crippen molar-refractivity contribution in [1.29, 1.82) is 0 Å². The van der Waals surface area contributed by atoms with Gasteiger partial charge in [0.25, 0.3) is 0 Å². The average molecular weight is 438 g/mol. The number of nitrogens with one attached hydrogen (secondary N) is 1. The molecule has 1 saturated heterocycles. The van der Waals surface area contributed by atoms with Crippen molar-refractivity contribution in [2.24, 2.45) is 0 Å². The number of halogens is 3. The smallest absolute Gasteiger partial charge is 0.163 e. The molecule has 2 heterocycles. The maximum atomic E-state index is 13.8. The van der Waals surface area contributed by atoms with Crippen molar-refractivity contribution in [3.63, 3.8) is 0 Å². The Balaban J connectivity index is 1.74. The number of carbonyl (C=O) groups excluding carboxylic acids is 1. The first-order valence-corrected chi connectivity index (χ1v) is 10.9. The molecule has 4 rings (SSSR count). The van der Waals surface area contributed by atoms with E-state index in [0.29, 0.717) is 21.6 Å². The summed E-state index contributed by atoms with van der Waals surface area (Å²) in [6.45, 7) is 3.44. The molecule has 2 aromatic rings. The number of rotatable bonds is 5. The third-order valence-electron chi connectivity index (χ3n) is 5.83. The van der Waals surface area contributed by atoms with Gasteiger partial charge in [-0.05, 0) is 61.7 Å². The first kappa shape index (κ1) is 20.2. The highest BCUT2D eigenvalue weighted by atomic mass is 35.5. The summed E-state index contributed by atoms with van der Waals surface area (Å²) in [5.41, 5.74) is 2.16. The van der Waals surface area contributed by atoms with E-state index in [1.54, 1.807) is 12.1 Å². The second kappa shape index (κ2) is 8.33. The van der Waals surface area contributed by atoms with Crippen molar-refractivity contribution in [2.45, 2.75) is 31.2 Å². The number of hydrogen-bond donors (Lipinski definition) is 1. The molecule has 2 aromatic carbocycles. The molecule has 1 atom stereocenters. The fourth-order valence-electron chi connectivity index (χ4n) is 4.48. The van der Waals surface area contributed by atoms with Gasteiger partial charge in [-0.3, -0.25) is 10.1 Å². The van der Waals surface area contributed by atoms with Gasteiger partial charge in [-0.2, -0.15) is 0 Å². The number of carbonyl (C=O) groups is 1. The van der Waals surface area contributed by atoms with Crippen LogP contribution < -0.4 is 5.32 Å². The Hall–Kier alpha value is -1.10. The number of hydrogen-bond acceptors (Lipinski definition) is 3. The highest BCUT2D eigenvalue weighted by molar-refractivity contribution is 6.42. The van der Waals surface area contributed by atoms with E-state index in [1.165, 1.54) is 12.8 Å². The molecule has 0 aliphatic carbocycles. The lowest BCUT2D eigenvalue weighted by Gasteiger charge is -2.42. The van der Waals surface area contributed by atoms with Crippen molar-refractivity contribution in [3.05, 3.63) is 68.2 Å². The van der Waals surface area contributed by atoms with Crippen LogP contribution in [-0.4, -0.2) is 36.9 Å². The Bertz CT molecular complexity index is 895. The van der Waals surface area contributed by atoms with Crippen LogP contribution in [-0.2, 0) is 23.2 Å². The van der Waals surface area contributed by atoms with Gasteiger partial charge < -0.3 is 4.90 Å². The Kier molecular flexibility index (Phi) is 6.01. The van der Waals surface area contributed by atoms with Gasteiger partial charge in [0.15, 0.2) is 5.78 Å². The minimum Gasteiger partial charge on any atom is -0.301 e. The van der Waals surface area contributed by atoms with E-state index >= 15 is 0 Å². The predicted octanol–water partition coefficient (Wildman–Crippen LogP) is 4.90. The van der Waals surface area contributed by atoms with Crippen molar-refractivity contribution < 1.29 is 4.79 Å². The summed E-state index contributed by atoms with van der Waals surface area (Å²) < 4.78 is 0. The van der Waals surface area contributed by atoms with Crippen LogP contribution >= 0.6 is 34.8 Å². The minimum atomic E-state index is -0.803. The number of ketones is 1. The molecular weight excluding hydrogens is 415 g/mol. The van der Waals surface area contributed by atoms with E-state index in [0.717, 1.165) is 42.7 Å². The molecule has 0 radical (unpaired) electrons. The second-order valence-corrected chi connectivity index (χ2v) is 8.91. The topological polar surface area (TPSA) is 32.3 Å². The fraction of sp³-hybridized carbons (Fsp3) is 0.409. The molecule has 0 saturated carbocycles. The molecule has 0 amide bonds. The van der Waals surface area contributed by atoms with Crippen LogP contribution in [0.2, 0.25) is 15.1 Å². The molecular formula is C22H23Cl3N2O. The van der Waals surface area contributed by atoms with Gasteiger partial charge in [-0.15, -0.1) is 0 Å². The van der Waals surface area contributed by atoms with Crippen LogP contribution in [0.15, 0.2) is 36.4 Å². The van der Waals surface area contributed by atoms with Crippen LogP contribution in [0.25, 0.3) is 0 Å². The van der Waals surface area contributed by atoms with E-state index < -0.39 is 5.54 Å². The summed E-state index contributed by atoms with van der Waals surface area (Å²) in [5.74, 6) is 0.117. The first-order valence-electron chi connectivity index (χ1n) is 9.72. The van der Waals surface area contributed by atoms with Gasteiger partial charge in [-0.25, -0.2) is 0 Å². The molecule has 148 valence electrons. The van der Waals surface area contributed by atoms with Gasteiger partial charge >= 0.3 is 0 Å². The number of nitrogens with zero attached hydrogens (tertiary/aromatic N) is 1. The summed E-state index contributed by atoms with van der Waals surface area (Å²) in [7, 11) is 0. The lowest BCUT2D eigenvalue weighted by atomic mass is 9.77. The molecule has 2 aliphatic rings. The largest absolute Gasteiger partial charge is 0.301 e. The van der Waals surface area contributed by atoms with E-state index in [2.05, 4.69) is 16.3 Å². The number of fused-ring (bicyclic) bond motifs is 1. The maximum absolute atomic E-state index is 13.8. The van der Waals surface area contributed by atoms with Gasteiger partial charge in [0.2, 0.25) is 0 Å². The van der Waals surface area contributed by atoms with Crippen LogP contribution in [0.3, 0.4) is 0 Å². The van der Waals surface area contributed by atoms with E-state index in [9.17, 15) is 4.79 Å². The summed E-state index contributed by atoms with van der Waals surface area (Å²) in [4.78, 5) is 16.1. The summed E-state index contributed by atoms with van der Waals surface area (Å²) in [5, 5.41) is 5.19. The molecule has 0 aromatic heterocycles. The fourth-order valence-corrected chi connectivity index (χ4v) is 5.15. The molecule has 0 spiro atoms. The zero-order valence-corrected chi connectivity index (χ0v) is 17.9. The zero-order valence-electron chi connectivity index (χ0n) is 15.6. The van der Waals surface area contributed by atoms with Gasteiger partial charge in [0.1, 0.15) is 5.54 Å². The van der Waals surface area contributed by atoms with E-state index in [-0.39, 0.29) is 12.2 Å². The van der Waals surface area contributed by atoms with Gasteiger partial charge in [-0.1, -0.05) is 53.0 Å². The maximum Gasteiger partial charge on any atom is 0.163 e. The van der Waals surface area contributed by atoms with Crippen LogP contribution in [0.1, 0.15) is 29.5 Å². The van der Waals surface area contributed by atoms with Gasteiger partial charge in [0.05, 0.1) is 10.0 Å². The van der Waals surface area contributed by atoms with Crippen molar-refractivity contribution >= 4 is 40.6 Å². The Labute approximate surface area is 181 Å². The van der Waals surface area contributed by atoms with Crippen LogP contribution in [0.5, 0.6) is 0 Å². The average Bonchev–Trinajstić information content (AvgIpc) is 3.18. The molecule has 1 fully saturated rings. The second-order valence-electron chi connectivity index (χ2n) is 7.69. The van der Waals surface area contributed by atoms with Crippen molar-refractivity contribution in [1.82, 2.24) is 10.2 Å². The number of Topliss-reactive ketones (excluding diaryl/α,β-unsaturated/α-hetero) is 1. The quantitative estimate of drug-likeness (QED) is 0.722. The lowest BCUT2D eigenvalue weighted by Crippen LogP contribution is -2.59. The molecule has 0 bridgehead atoms. The SMILES string of the molecule is O=C(Cc1ccc(Cl)c(Cl)c1)C1(CN2CCCC2)NCCc2cccc(Cl)c21. The lowest BCUT2D eigenvalue weighted by molar-refractivity contribution is -0.126. The zero-order chi connectivity index (χ0) is 19.7. The van der Waals surface area contributed by atoms with Crippen molar-refractivity contribution in [2.75, 3.05) is 26.2 Å². The van der Waals surface area contributed by atoms with Gasteiger partial charge in [0, 0.05) is 30.1 Å². The summed E-state index contributed by atoms with van der Waals surface area (Å²) >= 11 is 18.9. The van der Waals surface area contributed by atoms with Crippen molar-refractivity contribution in [3.8, 4) is 0 Å². The summed E-state index contributed by atoms with van der Waals surface area (Å²) in [6, 6.07) is 11.3. The highest BCUT2D eigenvalue weighted by Crippen LogP contribution is 2.37. The number of benzene rings is 2. The van der Waals surface area contributed by atoms with E-state index in [4.69, 9.17) is 34.8 Å². The monoisotopic (exact) mass is 436 g/mol. The molecule has 1 unspecified atom stereocenters. The highest BCUT2D eigenvalue weighted by Gasteiger charge is 2.45. The summed E-state index contributed by atoms with van der Waals surface area (Å²) in [6.07, 6.45) is 3.50. The molecule has 2 aliphatic heterocycles. The Morgan fingerprint density at radius 2 is 1.82 bits per heavy atom. The number of likely N-dealkylation sites (tertiary alicyclic amines) is 1. The molecule has 6 heteroatoms. The molecule has 1 N–H and O–H groups in total. The third-order valence-corrected chi connectivity index (χ3v) is 6.89. The standard InChI is InChI=1S/C22H23Cl3N2O/c23-17-7-6-15(12-19(17)25)13-20(28)22(14-27-10-1-2-11-27)21-16(8-9-26-22)4-3-5-18(21)24/h3-7,12,26H,1-2,8-11,13-14H2.